The first-order chi connectivity index (χ1) is 9.09. The van der Waals surface area contributed by atoms with Gasteiger partial charge in [-0.15, -0.1) is 0 Å². The molecule has 2 atom stereocenters. The number of thioether (sulfide) groups is 1. The maximum absolute atomic E-state index is 12.6. The van der Waals surface area contributed by atoms with Crippen LogP contribution in [0.4, 0.5) is 0 Å². The van der Waals surface area contributed by atoms with E-state index in [1.54, 1.807) is 16.7 Å². The summed E-state index contributed by atoms with van der Waals surface area (Å²) in [7, 11) is 0. The van der Waals surface area contributed by atoms with Crippen LogP contribution in [0.2, 0.25) is 0 Å². The van der Waals surface area contributed by atoms with Gasteiger partial charge in [-0.2, -0.15) is 0 Å². The normalized spacial score (nSPS) is 25.7. The number of hydrogen-bond donors (Lipinski definition) is 0. The lowest BCUT2D eigenvalue weighted by Gasteiger charge is -2.24. The number of nitrogens with zero attached hydrogens (tertiary/aromatic N) is 1. The van der Waals surface area contributed by atoms with Gasteiger partial charge in [0.1, 0.15) is 4.32 Å². The van der Waals surface area contributed by atoms with E-state index in [1.807, 2.05) is 6.08 Å². The van der Waals surface area contributed by atoms with E-state index in [9.17, 15) is 4.79 Å². The summed E-state index contributed by atoms with van der Waals surface area (Å²) in [6.07, 6.45) is 6.15. The lowest BCUT2D eigenvalue weighted by molar-refractivity contribution is -0.132. The Morgan fingerprint density at radius 3 is 2.84 bits per heavy atom. The van der Waals surface area contributed by atoms with Crippen molar-refractivity contribution in [3.05, 3.63) is 12.2 Å². The average molecular weight is 299 g/mol. The minimum Gasteiger partial charge on any atom is -0.377 e. The molecule has 0 aromatic rings. The number of ether oxygens (including phenoxy) is 1. The molecule has 0 N–H and O–H groups in total. The maximum atomic E-state index is 12.6. The summed E-state index contributed by atoms with van der Waals surface area (Å²) in [5.74, 6) is 1.29. The average Bonchev–Trinajstić information content (AvgIpc) is 3.00. The van der Waals surface area contributed by atoms with Crippen molar-refractivity contribution in [1.29, 1.82) is 0 Å². The zero-order valence-corrected chi connectivity index (χ0v) is 13.1. The second-order valence-corrected chi connectivity index (χ2v) is 7.04. The highest BCUT2D eigenvalue weighted by Gasteiger charge is 2.35. The van der Waals surface area contributed by atoms with Gasteiger partial charge in [-0.05, 0) is 18.8 Å². The van der Waals surface area contributed by atoms with E-state index in [2.05, 4.69) is 19.9 Å². The molecule has 106 valence electrons. The Bertz CT molecular complexity index is 376. The molecular weight excluding hydrogens is 278 g/mol. The molecule has 2 fully saturated rings. The fraction of sp³-hybridized carbons (Fsp3) is 0.714. The van der Waals surface area contributed by atoms with Gasteiger partial charge in [0.15, 0.2) is 0 Å². The van der Waals surface area contributed by atoms with E-state index in [0.29, 0.717) is 10.2 Å². The fourth-order valence-electron chi connectivity index (χ4n) is 2.37. The van der Waals surface area contributed by atoms with Gasteiger partial charge in [-0.3, -0.25) is 9.69 Å². The summed E-state index contributed by atoms with van der Waals surface area (Å²) in [5, 5.41) is 0. The third-order valence-corrected chi connectivity index (χ3v) is 4.81. The predicted octanol–water partition coefficient (Wildman–Crippen LogP) is 2.85. The quantitative estimate of drug-likeness (QED) is 0.590. The zero-order chi connectivity index (χ0) is 13.8. The van der Waals surface area contributed by atoms with Crippen LogP contribution in [0.1, 0.15) is 26.7 Å². The second-order valence-electron chi connectivity index (χ2n) is 5.31. The molecule has 2 heterocycles. The molecule has 0 spiro atoms. The Morgan fingerprint density at radius 2 is 2.32 bits per heavy atom. The summed E-state index contributed by atoms with van der Waals surface area (Å²) in [5.41, 5.74) is 0. The van der Waals surface area contributed by atoms with Gasteiger partial charge in [0.25, 0.3) is 0 Å². The minimum absolute atomic E-state index is 0.0240. The van der Waals surface area contributed by atoms with E-state index >= 15 is 0 Å². The summed E-state index contributed by atoms with van der Waals surface area (Å²) >= 11 is 6.84. The van der Waals surface area contributed by atoms with Crippen molar-refractivity contribution in [3.63, 3.8) is 0 Å². The first-order valence-corrected chi connectivity index (χ1v) is 8.27. The molecule has 0 aromatic carbocycles. The molecule has 3 nitrogen and oxygen atoms in total. The second kappa shape index (κ2) is 6.86. The van der Waals surface area contributed by atoms with Gasteiger partial charge < -0.3 is 4.74 Å². The van der Waals surface area contributed by atoms with E-state index < -0.39 is 0 Å². The third kappa shape index (κ3) is 3.80. The van der Waals surface area contributed by atoms with Gasteiger partial charge in [0.05, 0.1) is 12.0 Å². The van der Waals surface area contributed by atoms with Gasteiger partial charge >= 0.3 is 0 Å². The molecule has 0 bridgehead atoms. The van der Waals surface area contributed by atoms with Crippen molar-refractivity contribution < 1.29 is 9.53 Å². The predicted molar refractivity (Wildman–Crippen MR) is 83.2 cm³/mol. The van der Waals surface area contributed by atoms with Gasteiger partial charge in [-0.1, -0.05) is 50.0 Å². The number of rotatable bonds is 4. The molecule has 0 aromatic heterocycles. The summed E-state index contributed by atoms with van der Waals surface area (Å²) in [6.45, 7) is 5.73. The Morgan fingerprint density at radius 1 is 1.53 bits per heavy atom. The molecule has 0 radical (unpaired) electrons. The van der Waals surface area contributed by atoms with Crippen LogP contribution in [0.25, 0.3) is 0 Å². The molecule has 0 saturated carbocycles. The minimum atomic E-state index is -0.179. The molecule has 0 aliphatic carbocycles. The highest BCUT2D eigenvalue weighted by Crippen LogP contribution is 2.27. The van der Waals surface area contributed by atoms with Gasteiger partial charge in [0.2, 0.25) is 5.91 Å². The molecule has 2 aliphatic rings. The van der Waals surface area contributed by atoms with Crippen molar-refractivity contribution in [2.45, 2.75) is 32.8 Å². The zero-order valence-electron chi connectivity index (χ0n) is 11.5. The van der Waals surface area contributed by atoms with Crippen molar-refractivity contribution in [2.75, 3.05) is 18.9 Å². The number of hydrogen-bond acceptors (Lipinski definition) is 4. The van der Waals surface area contributed by atoms with Crippen molar-refractivity contribution in [1.82, 2.24) is 4.90 Å². The molecule has 1 amide bonds. The number of thiocarbonyl (C=S) groups is 1. The van der Waals surface area contributed by atoms with Gasteiger partial charge in [-0.25, -0.2) is 0 Å². The van der Waals surface area contributed by atoms with Gasteiger partial charge in [0, 0.05) is 18.9 Å². The van der Waals surface area contributed by atoms with Crippen LogP contribution in [-0.4, -0.2) is 40.1 Å². The number of carbonyl (C=O) groups excluding carboxylic acids is 1. The largest absolute Gasteiger partial charge is 0.377 e. The van der Waals surface area contributed by atoms with Crippen LogP contribution in [0.5, 0.6) is 0 Å². The van der Waals surface area contributed by atoms with E-state index in [0.717, 1.165) is 31.7 Å². The Hall–Kier alpha value is -0.390. The Labute approximate surface area is 124 Å². The molecule has 2 saturated heterocycles. The standard InChI is InChI=1S/C14H21NO2S2/c1-10(2)5-6-11(12-4-3-8-17-12)13(16)15-7-9-19-14(15)18/h5-6,10-12H,3-4,7-9H2,1-2H3/b6-5+/t11-,12+/m1/s1. The van der Waals surface area contributed by atoms with Crippen LogP contribution >= 0.6 is 24.0 Å². The number of allylic oxidation sites excluding steroid dienone is 1. The first-order valence-electron chi connectivity index (χ1n) is 6.87. The number of carbonyl (C=O) groups is 1. The molecule has 2 aliphatic heterocycles. The lowest BCUT2D eigenvalue weighted by Crippen LogP contribution is -2.40. The van der Waals surface area contributed by atoms with E-state index in [1.165, 1.54) is 0 Å². The lowest BCUT2D eigenvalue weighted by atomic mass is 9.96. The van der Waals surface area contributed by atoms with Crippen molar-refractivity contribution in [2.24, 2.45) is 11.8 Å². The first kappa shape index (κ1) is 15.0. The maximum Gasteiger partial charge on any atom is 0.237 e. The highest BCUT2D eigenvalue weighted by atomic mass is 32.2. The molecule has 19 heavy (non-hydrogen) atoms. The molecule has 0 unspecified atom stereocenters. The molecular formula is C14H21NO2S2. The smallest absolute Gasteiger partial charge is 0.237 e. The van der Waals surface area contributed by atoms with Crippen LogP contribution in [-0.2, 0) is 9.53 Å². The fourth-order valence-corrected chi connectivity index (χ4v) is 3.58. The topological polar surface area (TPSA) is 29.5 Å². The van der Waals surface area contributed by atoms with Crippen LogP contribution in [0.15, 0.2) is 12.2 Å². The summed E-state index contributed by atoms with van der Waals surface area (Å²) in [6, 6.07) is 0. The summed E-state index contributed by atoms with van der Waals surface area (Å²) in [4.78, 5) is 14.4. The van der Waals surface area contributed by atoms with E-state index in [4.69, 9.17) is 17.0 Å². The van der Waals surface area contributed by atoms with Crippen molar-refractivity contribution in [3.8, 4) is 0 Å². The van der Waals surface area contributed by atoms with Crippen molar-refractivity contribution >= 4 is 34.2 Å². The Kier molecular flexibility index (Phi) is 5.42. The SMILES string of the molecule is CC(C)/C=C/[C@@H](C(=O)N1CCSC1=S)[C@@H]1CCCO1. The van der Waals surface area contributed by atoms with Crippen LogP contribution in [0, 0.1) is 11.8 Å². The highest BCUT2D eigenvalue weighted by molar-refractivity contribution is 8.23. The third-order valence-electron chi connectivity index (χ3n) is 3.38. The molecule has 5 heteroatoms. The number of amides is 1. The van der Waals surface area contributed by atoms with E-state index in [-0.39, 0.29) is 17.9 Å². The van der Waals surface area contributed by atoms with Crippen LogP contribution < -0.4 is 0 Å². The summed E-state index contributed by atoms with van der Waals surface area (Å²) < 4.78 is 6.43. The molecule has 2 rings (SSSR count). The van der Waals surface area contributed by atoms with Crippen LogP contribution in [0.3, 0.4) is 0 Å². The Balaban J connectivity index is 2.11. The monoisotopic (exact) mass is 299 g/mol.